The van der Waals surface area contributed by atoms with Crippen LogP contribution in [0.25, 0.3) is 10.9 Å². The van der Waals surface area contributed by atoms with Gasteiger partial charge in [-0.15, -0.1) is 0 Å². The number of aliphatic hydroxyl groups is 3. The molecule has 322 valence electrons. The van der Waals surface area contributed by atoms with Crippen LogP contribution in [0.1, 0.15) is 25.3 Å². The maximum atomic E-state index is 14.3. The molecular weight excluding hydrogens is 804 g/mol. The minimum Gasteiger partial charge on any atom is -0.610 e. The van der Waals surface area contributed by atoms with Gasteiger partial charge in [-0.25, -0.2) is 0 Å². The first kappa shape index (κ1) is 45.7. The van der Waals surface area contributed by atoms with E-state index in [2.05, 4.69) is 36.9 Å². The van der Waals surface area contributed by atoms with Crippen LogP contribution in [-0.2, 0) is 60.7 Å². The summed E-state index contributed by atoms with van der Waals surface area (Å²) in [6, 6.07) is -4.77. The summed E-state index contributed by atoms with van der Waals surface area (Å²) in [5.74, 6) is -10.9. The maximum Gasteiger partial charge on any atom is 0.248 e. The number of rotatable bonds is 12. The third-order valence-corrected chi connectivity index (χ3v) is 11.1. The minimum atomic E-state index is -2.39. The Morgan fingerprint density at radius 3 is 2.41 bits per heavy atom. The lowest BCUT2D eigenvalue weighted by atomic mass is 9.93. The number of aromatic amines is 1. The van der Waals surface area contributed by atoms with E-state index in [1.54, 1.807) is 0 Å². The van der Waals surface area contributed by atoms with Crippen molar-refractivity contribution in [3.8, 4) is 5.75 Å². The number of phenols is 1. The number of carbonyl (C=O) groups excluding carboxylic acids is 9. The number of nitrogens with one attached hydrogen (secondary N) is 7. The molecular formula is C34H46N10O14S. The molecule has 0 saturated carbocycles. The fourth-order valence-corrected chi connectivity index (χ4v) is 8.03. The second-order valence-electron chi connectivity index (χ2n) is 14.0. The number of fused-ring (bicyclic) bond motifs is 4. The predicted octanol–water partition coefficient (Wildman–Crippen LogP) is -7.35. The van der Waals surface area contributed by atoms with Crippen LogP contribution >= 0.6 is 0 Å². The van der Waals surface area contributed by atoms with Crippen LogP contribution in [0.3, 0.4) is 0 Å². The minimum absolute atomic E-state index is 0.0495. The summed E-state index contributed by atoms with van der Waals surface area (Å²) < 4.78 is 14.3. The monoisotopic (exact) mass is 850 g/mol. The third-order valence-electron chi connectivity index (χ3n) is 9.66. The highest BCUT2D eigenvalue weighted by Crippen LogP contribution is 2.31. The van der Waals surface area contributed by atoms with Gasteiger partial charge in [0.2, 0.25) is 58.7 Å². The number of nitrogens with two attached hydrogens (primary N) is 2. The summed E-state index contributed by atoms with van der Waals surface area (Å²) in [5, 5.41) is 55.1. The van der Waals surface area contributed by atoms with Gasteiger partial charge in [-0.2, -0.15) is 0 Å². The van der Waals surface area contributed by atoms with Gasteiger partial charge >= 0.3 is 0 Å². The van der Waals surface area contributed by atoms with Crippen LogP contribution in [0.5, 0.6) is 5.75 Å². The van der Waals surface area contributed by atoms with Gasteiger partial charge in [0.1, 0.15) is 35.7 Å². The molecule has 0 spiro atoms. The number of hydrogen-bond donors (Lipinski definition) is 13. The summed E-state index contributed by atoms with van der Waals surface area (Å²) >= 11 is -2.39. The topological polar surface area (TPSA) is 401 Å². The van der Waals surface area contributed by atoms with Crippen LogP contribution < -0.4 is 43.4 Å². The molecule has 15 N–H and O–H groups in total. The predicted molar refractivity (Wildman–Crippen MR) is 201 cm³/mol. The van der Waals surface area contributed by atoms with Crippen LogP contribution in [0, 0.1) is 5.92 Å². The van der Waals surface area contributed by atoms with Crippen LogP contribution in [0.15, 0.2) is 23.2 Å². The molecule has 0 radical (unpaired) electrons. The van der Waals surface area contributed by atoms with E-state index in [-0.39, 0.29) is 33.7 Å². The molecule has 59 heavy (non-hydrogen) atoms. The number of H-pyrrole nitrogens is 1. The van der Waals surface area contributed by atoms with Gasteiger partial charge < -0.3 is 78.2 Å². The standard InChI is InChI=1S/C34H46N10O14S/c1-14(24(49)11-45)28-32(56)40-20(29(53)38-8-26(36)51)6-18-17-3-2-15(47)4-19(17)42-33(18)59(58)12-22(39-27(52)9-37-13-46)30(54)41-21(7-25(35)50)34(57)44-10-16(48)5-23(44)31(55)43-28/h2-4,13-14,16,20-24,28,42,45,47-49H,5-12H2,1H3,(H2,35,50)(H2,36,51)(H,37,46)(H,38,53)(H,39,52)(H,40,56)(H,41,54)(H,43,55)/t14-,16+,20-,21-,22-,23-,24-,28-,59?/m0/s1. The normalized spacial score (nSPS) is 25.4. The number of phenolic OH excluding ortho intramolecular Hbond substituents is 1. The van der Waals surface area contributed by atoms with E-state index in [9.17, 15) is 68.1 Å². The van der Waals surface area contributed by atoms with Crippen molar-refractivity contribution in [3.63, 3.8) is 0 Å². The molecule has 25 heteroatoms. The van der Waals surface area contributed by atoms with Gasteiger partial charge in [0.15, 0.2) is 6.04 Å². The average Bonchev–Trinajstić information content (AvgIpc) is 3.75. The average molecular weight is 851 g/mol. The van der Waals surface area contributed by atoms with Crippen molar-refractivity contribution in [2.24, 2.45) is 17.4 Å². The van der Waals surface area contributed by atoms with E-state index < -0.39 is 158 Å². The lowest BCUT2D eigenvalue weighted by molar-refractivity contribution is -0.144. The summed E-state index contributed by atoms with van der Waals surface area (Å²) in [5.41, 5.74) is 10.8. The smallest absolute Gasteiger partial charge is 0.248 e. The maximum absolute atomic E-state index is 14.3. The van der Waals surface area contributed by atoms with Gasteiger partial charge in [0.05, 0.1) is 43.8 Å². The molecule has 3 heterocycles. The van der Waals surface area contributed by atoms with E-state index >= 15 is 0 Å². The fourth-order valence-electron chi connectivity index (χ4n) is 6.64. The number of primary amides is 2. The lowest BCUT2D eigenvalue weighted by Gasteiger charge is -2.32. The molecule has 1 aromatic heterocycles. The van der Waals surface area contributed by atoms with Crippen LogP contribution in [0.4, 0.5) is 0 Å². The Morgan fingerprint density at radius 2 is 1.76 bits per heavy atom. The molecule has 1 aromatic carbocycles. The Labute approximate surface area is 337 Å². The van der Waals surface area contributed by atoms with Gasteiger partial charge in [-0.3, -0.25) is 43.2 Å². The quantitative estimate of drug-likeness (QED) is 0.0697. The third kappa shape index (κ3) is 11.6. The van der Waals surface area contributed by atoms with E-state index in [1.165, 1.54) is 25.1 Å². The van der Waals surface area contributed by atoms with Crippen molar-refractivity contribution in [1.82, 2.24) is 41.8 Å². The summed E-state index contributed by atoms with van der Waals surface area (Å²) in [6.45, 7) is -1.49. The van der Waals surface area contributed by atoms with E-state index in [4.69, 9.17) is 11.5 Å². The van der Waals surface area contributed by atoms with Gasteiger partial charge in [0.25, 0.3) is 0 Å². The largest absolute Gasteiger partial charge is 0.610 e. The Balaban J connectivity index is 1.93. The molecule has 9 atom stereocenters. The lowest BCUT2D eigenvalue weighted by Crippen LogP contribution is -2.62. The Morgan fingerprint density at radius 1 is 1.05 bits per heavy atom. The van der Waals surface area contributed by atoms with Crippen LogP contribution in [0.2, 0.25) is 0 Å². The van der Waals surface area contributed by atoms with Crippen molar-refractivity contribution < 1.29 is 68.1 Å². The van der Waals surface area contributed by atoms with Gasteiger partial charge in [-0.05, 0) is 12.1 Å². The number of hydrogen-bond acceptors (Lipinski definition) is 14. The molecule has 0 bridgehead atoms. The number of aromatic hydroxyl groups is 1. The first-order chi connectivity index (χ1) is 27.8. The number of amides is 9. The molecule has 2 aromatic rings. The molecule has 0 aliphatic carbocycles. The number of aliphatic hydroxyl groups excluding tert-OH is 3. The fraction of sp³-hybridized carbons (Fsp3) is 0.500. The SMILES string of the molecule is C[C@H]([C@@H]1NC(=O)[C@@H]2C[C@@H](O)CN2C(=O)[C@H](CC(N)=O)NC(=O)[C@@H](NC(=O)CNC=O)C[S+]([O-])c2[nH]c3cc(O)ccc3c2C[C@@H](C(=O)NCC(N)=O)NC1=O)[C@@H](O)CO. The number of nitrogens with zero attached hydrogens (tertiary/aromatic N) is 1. The van der Waals surface area contributed by atoms with E-state index in [0.717, 1.165) is 4.90 Å². The molecule has 4 rings (SSSR count). The Kier molecular flexibility index (Phi) is 15.6. The van der Waals surface area contributed by atoms with Gasteiger partial charge in [0, 0.05) is 53.5 Å². The van der Waals surface area contributed by atoms with E-state index in [1.807, 2.05) is 0 Å². The highest BCUT2D eigenvalue weighted by atomic mass is 32.2. The molecule has 1 unspecified atom stereocenters. The van der Waals surface area contributed by atoms with Crippen molar-refractivity contribution in [2.75, 3.05) is 32.0 Å². The molecule has 1 fully saturated rings. The molecule has 2 aliphatic rings. The first-order valence-electron chi connectivity index (χ1n) is 18.1. The summed E-state index contributed by atoms with van der Waals surface area (Å²) in [6.07, 6.45) is -4.61. The Bertz CT molecular complexity index is 1960. The zero-order chi connectivity index (χ0) is 43.7. The van der Waals surface area contributed by atoms with Crippen molar-refractivity contribution in [2.45, 2.75) is 73.6 Å². The van der Waals surface area contributed by atoms with Crippen LogP contribution in [-0.4, -0.2) is 163 Å². The first-order valence-corrected chi connectivity index (χ1v) is 19.4. The second-order valence-corrected chi connectivity index (χ2v) is 15.4. The molecule has 24 nitrogen and oxygen atoms in total. The highest BCUT2D eigenvalue weighted by Gasteiger charge is 2.45. The van der Waals surface area contributed by atoms with E-state index in [0.29, 0.717) is 0 Å². The Hall–Kier alpha value is -6.02. The summed E-state index contributed by atoms with van der Waals surface area (Å²) in [7, 11) is 0. The molecule has 1 saturated heterocycles. The van der Waals surface area contributed by atoms with Crippen molar-refractivity contribution >= 4 is 75.7 Å². The van der Waals surface area contributed by atoms with Gasteiger partial charge in [-0.1, -0.05) is 6.92 Å². The second kappa shape index (κ2) is 20.1. The highest BCUT2D eigenvalue weighted by molar-refractivity contribution is 7.91. The zero-order valence-corrected chi connectivity index (χ0v) is 32.3. The van der Waals surface area contributed by atoms with Crippen molar-refractivity contribution in [3.05, 3.63) is 23.8 Å². The molecule has 2 aliphatic heterocycles. The number of benzene rings is 1. The molecule has 9 amide bonds. The number of aromatic nitrogens is 1. The zero-order valence-electron chi connectivity index (χ0n) is 31.5. The summed E-state index contributed by atoms with van der Waals surface area (Å²) in [4.78, 5) is 121. The number of carbonyl (C=O) groups is 9. The van der Waals surface area contributed by atoms with Crippen molar-refractivity contribution in [1.29, 1.82) is 0 Å².